The molecule has 2 N–H and O–H groups in total. The molecular weight excluding hydrogens is 282 g/mol. The van der Waals surface area contributed by atoms with Gasteiger partial charge in [-0.25, -0.2) is 0 Å². The topological polar surface area (TPSA) is 84.2 Å². The number of aryl methyl sites for hydroxylation is 2. The normalized spacial score (nSPS) is 13.7. The number of aromatic nitrogens is 1. The zero-order valence-electron chi connectivity index (χ0n) is 12.5. The van der Waals surface area contributed by atoms with Crippen LogP contribution in [0.5, 0.6) is 0 Å². The first-order valence-electron chi connectivity index (χ1n) is 7.20. The van der Waals surface area contributed by atoms with E-state index in [1.165, 1.54) is 0 Å². The lowest BCUT2D eigenvalue weighted by Crippen LogP contribution is -2.27. The number of hydrogen-bond donors (Lipinski definition) is 2. The molecule has 1 heterocycles. The zero-order chi connectivity index (χ0) is 15.7. The minimum Gasteiger partial charge on any atom is -0.361 e. The Balaban J connectivity index is 1.83. The first-order chi connectivity index (χ1) is 10.6. The van der Waals surface area contributed by atoms with Gasteiger partial charge in [-0.05, 0) is 38.8 Å². The summed E-state index contributed by atoms with van der Waals surface area (Å²) in [6, 6.07) is 7.21. The lowest BCUT2D eigenvalue weighted by Gasteiger charge is -2.11. The van der Waals surface area contributed by atoms with Gasteiger partial charge in [-0.3, -0.25) is 9.59 Å². The fourth-order valence-electron chi connectivity index (χ4n) is 2.27. The standard InChI is InChI=1S/C16H17N3O3/c1-9-14(10(2)22-19-9)16(21)18-13-6-4-3-5-12(13)15(20)17-11-7-8-11/h3-6,11H,7-8H2,1-2H3,(H,17,20)(H,18,21). The van der Waals surface area contributed by atoms with Crippen molar-refractivity contribution in [2.24, 2.45) is 0 Å². The Bertz CT molecular complexity index is 712. The van der Waals surface area contributed by atoms with Crippen molar-refractivity contribution in [3.05, 3.63) is 46.8 Å². The third kappa shape index (κ3) is 2.86. The number of nitrogens with one attached hydrogen (secondary N) is 2. The van der Waals surface area contributed by atoms with Gasteiger partial charge in [-0.1, -0.05) is 17.3 Å². The molecule has 1 aliphatic carbocycles. The van der Waals surface area contributed by atoms with Gasteiger partial charge in [0.1, 0.15) is 11.3 Å². The SMILES string of the molecule is Cc1noc(C)c1C(=O)Nc1ccccc1C(=O)NC1CC1. The van der Waals surface area contributed by atoms with Crippen molar-refractivity contribution >= 4 is 17.5 Å². The highest BCUT2D eigenvalue weighted by Crippen LogP contribution is 2.22. The Hall–Kier alpha value is -2.63. The summed E-state index contributed by atoms with van der Waals surface area (Å²) in [7, 11) is 0. The van der Waals surface area contributed by atoms with Gasteiger partial charge in [-0.2, -0.15) is 0 Å². The van der Waals surface area contributed by atoms with Crippen LogP contribution >= 0.6 is 0 Å². The van der Waals surface area contributed by atoms with E-state index in [0.29, 0.717) is 28.3 Å². The number of amides is 2. The predicted molar refractivity (Wildman–Crippen MR) is 80.9 cm³/mol. The lowest BCUT2D eigenvalue weighted by molar-refractivity contribution is 0.0952. The minimum absolute atomic E-state index is 0.169. The monoisotopic (exact) mass is 299 g/mol. The summed E-state index contributed by atoms with van der Waals surface area (Å²) in [5.74, 6) is -0.0463. The molecule has 2 amide bonds. The molecule has 0 radical (unpaired) electrons. The first-order valence-corrected chi connectivity index (χ1v) is 7.20. The molecule has 0 unspecified atom stereocenters. The van der Waals surface area contributed by atoms with Gasteiger partial charge < -0.3 is 15.2 Å². The molecule has 1 aromatic heterocycles. The summed E-state index contributed by atoms with van der Waals surface area (Å²) in [6.07, 6.45) is 2.03. The maximum atomic E-state index is 12.4. The predicted octanol–water partition coefficient (Wildman–Crippen LogP) is 2.44. The van der Waals surface area contributed by atoms with Crippen LogP contribution in [0.4, 0.5) is 5.69 Å². The number of carbonyl (C=O) groups excluding carboxylic acids is 2. The quantitative estimate of drug-likeness (QED) is 0.908. The lowest BCUT2D eigenvalue weighted by atomic mass is 10.1. The third-order valence-corrected chi connectivity index (χ3v) is 3.59. The summed E-state index contributed by atoms with van der Waals surface area (Å²) >= 11 is 0. The van der Waals surface area contributed by atoms with Crippen LogP contribution in [0.25, 0.3) is 0 Å². The van der Waals surface area contributed by atoms with Crippen LogP contribution in [0, 0.1) is 13.8 Å². The number of anilines is 1. The largest absolute Gasteiger partial charge is 0.361 e. The molecule has 0 bridgehead atoms. The highest BCUT2D eigenvalue weighted by atomic mass is 16.5. The Kier molecular flexibility index (Phi) is 3.66. The van der Waals surface area contributed by atoms with E-state index < -0.39 is 0 Å². The van der Waals surface area contributed by atoms with Crippen LogP contribution in [0.3, 0.4) is 0 Å². The highest BCUT2D eigenvalue weighted by molar-refractivity contribution is 6.09. The Morgan fingerprint density at radius 3 is 2.55 bits per heavy atom. The van der Waals surface area contributed by atoms with E-state index in [4.69, 9.17) is 4.52 Å². The molecule has 22 heavy (non-hydrogen) atoms. The van der Waals surface area contributed by atoms with Crippen LogP contribution < -0.4 is 10.6 Å². The van der Waals surface area contributed by atoms with E-state index in [2.05, 4.69) is 15.8 Å². The van der Waals surface area contributed by atoms with Gasteiger partial charge >= 0.3 is 0 Å². The van der Waals surface area contributed by atoms with Crippen LogP contribution in [-0.2, 0) is 0 Å². The number of hydrogen-bond acceptors (Lipinski definition) is 4. The van der Waals surface area contributed by atoms with Gasteiger partial charge in [-0.15, -0.1) is 0 Å². The summed E-state index contributed by atoms with van der Waals surface area (Å²) in [6.45, 7) is 3.39. The molecule has 6 nitrogen and oxygen atoms in total. The number of para-hydroxylation sites is 1. The smallest absolute Gasteiger partial charge is 0.261 e. The molecule has 1 aliphatic rings. The molecule has 1 aromatic carbocycles. The molecule has 0 saturated heterocycles. The third-order valence-electron chi connectivity index (χ3n) is 3.59. The van der Waals surface area contributed by atoms with Crippen molar-refractivity contribution in [3.8, 4) is 0 Å². The van der Waals surface area contributed by atoms with Crippen molar-refractivity contribution in [1.82, 2.24) is 10.5 Å². The summed E-state index contributed by atoms with van der Waals surface area (Å²) < 4.78 is 5.00. The van der Waals surface area contributed by atoms with Crippen molar-refractivity contribution in [1.29, 1.82) is 0 Å². The summed E-state index contributed by atoms with van der Waals surface area (Å²) in [4.78, 5) is 24.6. The van der Waals surface area contributed by atoms with Gasteiger partial charge in [0.15, 0.2) is 0 Å². The number of benzene rings is 1. The summed E-state index contributed by atoms with van der Waals surface area (Å²) in [5, 5.41) is 9.46. The van der Waals surface area contributed by atoms with E-state index in [1.807, 2.05) is 0 Å². The van der Waals surface area contributed by atoms with Crippen molar-refractivity contribution in [2.45, 2.75) is 32.7 Å². The Labute approximate surface area is 127 Å². The molecule has 0 atom stereocenters. The molecule has 3 rings (SSSR count). The van der Waals surface area contributed by atoms with Crippen molar-refractivity contribution in [3.63, 3.8) is 0 Å². The molecule has 2 aromatic rings. The van der Waals surface area contributed by atoms with Gasteiger partial charge in [0.25, 0.3) is 11.8 Å². The van der Waals surface area contributed by atoms with Crippen LogP contribution in [-0.4, -0.2) is 23.0 Å². The van der Waals surface area contributed by atoms with E-state index in [1.54, 1.807) is 38.1 Å². The molecule has 6 heteroatoms. The fourth-order valence-corrected chi connectivity index (χ4v) is 2.27. The van der Waals surface area contributed by atoms with Crippen molar-refractivity contribution < 1.29 is 14.1 Å². The average molecular weight is 299 g/mol. The number of carbonyl (C=O) groups is 2. The van der Waals surface area contributed by atoms with Crippen molar-refractivity contribution in [2.75, 3.05) is 5.32 Å². The van der Waals surface area contributed by atoms with Gasteiger partial charge in [0, 0.05) is 6.04 Å². The van der Waals surface area contributed by atoms with E-state index in [9.17, 15) is 9.59 Å². The molecular formula is C16H17N3O3. The Morgan fingerprint density at radius 2 is 1.91 bits per heavy atom. The zero-order valence-corrected chi connectivity index (χ0v) is 12.5. The number of nitrogens with zero attached hydrogens (tertiary/aromatic N) is 1. The van der Waals surface area contributed by atoms with Crippen LogP contribution in [0.1, 0.15) is 45.0 Å². The minimum atomic E-state index is -0.331. The summed E-state index contributed by atoms with van der Waals surface area (Å²) in [5.41, 5.74) is 1.85. The molecule has 0 spiro atoms. The first kappa shape index (κ1) is 14.3. The molecule has 1 fully saturated rings. The second kappa shape index (κ2) is 5.63. The molecule has 1 saturated carbocycles. The van der Waals surface area contributed by atoms with Crippen LogP contribution in [0.2, 0.25) is 0 Å². The van der Waals surface area contributed by atoms with Crippen LogP contribution in [0.15, 0.2) is 28.8 Å². The second-order valence-corrected chi connectivity index (χ2v) is 5.45. The van der Waals surface area contributed by atoms with E-state index in [-0.39, 0.29) is 17.9 Å². The Morgan fingerprint density at radius 1 is 1.18 bits per heavy atom. The molecule has 0 aliphatic heterocycles. The maximum absolute atomic E-state index is 12.4. The maximum Gasteiger partial charge on any atom is 0.261 e. The van der Waals surface area contributed by atoms with Gasteiger partial charge in [0.05, 0.1) is 16.9 Å². The van der Waals surface area contributed by atoms with E-state index in [0.717, 1.165) is 12.8 Å². The van der Waals surface area contributed by atoms with E-state index >= 15 is 0 Å². The molecule has 114 valence electrons. The number of rotatable bonds is 4. The van der Waals surface area contributed by atoms with Gasteiger partial charge in [0.2, 0.25) is 0 Å². The second-order valence-electron chi connectivity index (χ2n) is 5.45. The highest BCUT2D eigenvalue weighted by Gasteiger charge is 2.25. The fraction of sp³-hybridized carbons (Fsp3) is 0.312. The average Bonchev–Trinajstić information content (AvgIpc) is 3.23.